The molecule has 76 valence electrons. The van der Waals surface area contributed by atoms with Gasteiger partial charge in [0.2, 0.25) is 0 Å². The van der Waals surface area contributed by atoms with Crippen molar-refractivity contribution in [3.05, 3.63) is 16.1 Å². The number of nitrogens with zero attached hydrogens (tertiary/aromatic N) is 3. The van der Waals surface area contributed by atoms with Gasteiger partial charge in [-0.05, 0) is 28.8 Å². The summed E-state index contributed by atoms with van der Waals surface area (Å²) in [6.45, 7) is 6.30. The monoisotopic (exact) mass is 256 g/mol. The van der Waals surface area contributed by atoms with Crippen LogP contribution in [0.25, 0.3) is 5.78 Å². The van der Waals surface area contributed by atoms with Gasteiger partial charge in [0.05, 0.1) is 5.69 Å². The van der Waals surface area contributed by atoms with Gasteiger partial charge in [-0.25, -0.2) is 9.50 Å². The van der Waals surface area contributed by atoms with Crippen LogP contribution < -0.4 is 0 Å². The predicted molar refractivity (Wildman–Crippen MR) is 58.3 cm³/mol. The van der Waals surface area contributed by atoms with Crippen LogP contribution in [0, 0.1) is 12.8 Å². The molecule has 0 saturated carbocycles. The van der Waals surface area contributed by atoms with E-state index in [2.05, 4.69) is 44.8 Å². The smallest absolute Gasteiger partial charge is 0.251 e. The van der Waals surface area contributed by atoms with E-state index in [0.717, 1.165) is 28.3 Å². The topological polar surface area (TPSA) is 46.0 Å². The van der Waals surface area contributed by atoms with E-state index in [1.807, 2.05) is 11.4 Å². The average molecular weight is 257 g/mol. The highest BCUT2D eigenvalue weighted by atomic mass is 79.9. The van der Waals surface area contributed by atoms with Gasteiger partial charge in [0.25, 0.3) is 5.78 Å². The molecule has 4 nitrogen and oxygen atoms in total. The van der Waals surface area contributed by atoms with Gasteiger partial charge in [-0.2, -0.15) is 4.98 Å². The first-order chi connectivity index (χ1) is 6.58. The van der Waals surface area contributed by atoms with Gasteiger partial charge in [0.15, 0.2) is 0 Å². The standard InChI is InChI=1S/C9H13BrN4/c1-5(2)4-7-12-9-11-6(3)8(10)14(9)13-7/h5H,4H2,1-3H3,(H,11,12,13). The molecule has 2 heterocycles. The number of imidazole rings is 1. The van der Waals surface area contributed by atoms with Crippen molar-refractivity contribution in [2.24, 2.45) is 5.92 Å². The molecule has 0 unspecified atom stereocenters. The fraction of sp³-hybridized carbons (Fsp3) is 0.556. The molecule has 0 saturated heterocycles. The molecule has 5 heteroatoms. The van der Waals surface area contributed by atoms with Crippen LogP contribution in [0.15, 0.2) is 4.60 Å². The fourth-order valence-corrected chi connectivity index (χ4v) is 1.76. The first-order valence-corrected chi connectivity index (χ1v) is 5.46. The highest BCUT2D eigenvalue weighted by molar-refractivity contribution is 9.10. The molecule has 0 aromatic carbocycles. The summed E-state index contributed by atoms with van der Waals surface area (Å²) in [4.78, 5) is 8.72. The second-order valence-corrected chi connectivity index (χ2v) is 4.64. The van der Waals surface area contributed by atoms with Gasteiger partial charge in [0, 0.05) is 6.42 Å². The molecule has 2 aromatic rings. The van der Waals surface area contributed by atoms with Crippen molar-refractivity contribution in [3.8, 4) is 0 Å². The van der Waals surface area contributed by atoms with Crippen molar-refractivity contribution < 1.29 is 0 Å². The van der Waals surface area contributed by atoms with E-state index in [9.17, 15) is 0 Å². The third-order valence-corrected chi connectivity index (χ3v) is 2.97. The average Bonchev–Trinajstić information content (AvgIpc) is 2.54. The quantitative estimate of drug-likeness (QED) is 0.897. The maximum absolute atomic E-state index is 4.40. The van der Waals surface area contributed by atoms with E-state index in [-0.39, 0.29) is 0 Å². The number of H-pyrrole nitrogens is 1. The molecule has 0 bridgehead atoms. The number of aryl methyl sites for hydroxylation is 1. The van der Waals surface area contributed by atoms with Gasteiger partial charge < -0.3 is 0 Å². The SMILES string of the molecule is Cc1nc2nc(CC(C)C)[nH]n2c1Br. The Morgan fingerprint density at radius 3 is 2.71 bits per heavy atom. The Labute approximate surface area is 90.9 Å². The summed E-state index contributed by atoms with van der Waals surface area (Å²) in [7, 11) is 0. The Balaban J connectivity index is 2.43. The number of aromatic amines is 1. The molecule has 14 heavy (non-hydrogen) atoms. The normalized spacial score (nSPS) is 11.8. The first kappa shape index (κ1) is 9.71. The summed E-state index contributed by atoms with van der Waals surface area (Å²) in [5.74, 6) is 2.33. The van der Waals surface area contributed by atoms with Crippen molar-refractivity contribution in [3.63, 3.8) is 0 Å². The maximum Gasteiger partial charge on any atom is 0.251 e. The maximum atomic E-state index is 4.40. The third kappa shape index (κ3) is 1.56. The largest absolute Gasteiger partial charge is 0.277 e. The number of aromatic nitrogens is 4. The van der Waals surface area contributed by atoms with Gasteiger partial charge >= 0.3 is 0 Å². The van der Waals surface area contributed by atoms with Gasteiger partial charge in [-0.3, -0.25) is 5.10 Å². The van der Waals surface area contributed by atoms with Crippen LogP contribution in [0.2, 0.25) is 0 Å². The van der Waals surface area contributed by atoms with E-state index in [0.29, 0.717) is 5.92 Å². The van der Waals surface area contributed by atoms with Gasteiger partial charge in [0.1, 0.15) is 10.4 Å². The molecular formula is C9H13BrN4. The van der Waals surface area contributed by atoms with Crippen LogP contribution in [-0.4, -0.2) is 19.6 Å². The molecule has 2 aromatic heterocycles. The zero-order valence-electron chi connectivity index (χ0n) is 8.50. The molecule has 0 aliphatic heterocycles. The lowest BCUT2D eigenvalue weighted by molar-refractivity contribution is 0.619. The Hall–Kier alpha value is -0.840. The second-order valence-electron chi connectivity index (χ2n) is 3.89. The van der Waals surface area contributed by atoms with Crippen LogP contribution in [0.4, 0.5) is 0 Å². The van der Waals surface area contributed by atoms with Crippen LogP contribution >= 0.6 is 15.9 Å². The lowest BCUT2D eigenvalue weighted by atomic mass is 10.1. The number of rotatable bonds is 2. The Kier molecular flexibility index (Phi) is 2.34. The van der Waals surface area contributed by atoms with Crippen LogP contribution in [0.3, 0.4) is 0 Å². The van der Waals surface area contributed by atoms with Crippen molar-refractivity contribution >= 4 is 21.7 Å². The molecule has 2 rings (SSSR count). The third-order valence-electron chi connectivity index (χ3n) is 2.04. The molecule has 0 spiro atoms. The number of nitrogens with one attached hydrogen (secondary N) is 1. The van der Waals surface area contributed by atoms with Crippen LogP contribution in [0.5, 0.6) is 0 Å². The van der Waals surface area contributed by atoms with Crippen LogP contribution in [-0.2, 0) is 6.42 Å². The molecule has 0 fully saturated rings. The zero-order chi connectivity index (χ0) is 10.3. The lowest BCUT2D eigenvalue weighted by Gasteiger charge is -1.98. The van der Waals surface area contributed by atoms with E-state index in [1.165, 1.54) is 0 Å². The van der Waals surface area contributed by atoms with E-state index in [1.54, 1.807) is 0 Å². The van der Waals surface area contributed by atoms with Gasteiger partial charge in [-0.15, -0.1) is 0 Å². The van der Waals surface area contributed by atoms with E-state index >= 15 is 0 Å². The predicted octanol–water partition coefficient (Wildman–Crippen LogP) is 2.33. The number of halogens is 1. The van der Waals surface area contributed by atoms with Crippen molar-refractivity contribution in [2.75, 3.05) is 0 Å². The highest BCUT2D eigenvalue weighted by Gasteiger charge is 2.10. The highest BCUT2D eigenvalue weighted by Crippen LogP contribution is 2.17. The minimum Gasteiger partial charge on any atom is -0.277 e. The zero-order valence-corrected chi connectivity index (χ0v) is 10.1. The Morgan fingerprint density at radius 1 is 1.43 bits per heavy atom. The fourth-order valence-electron chi connectivity index (χ4n) is 1.42. The number of hydrogen-bond donors (Lipinski definition) is 1. The summed E-state index contributed by atoms with van der Waals surface area (Å²) in [5, 5.41) is 3.21. The minimum absolute atomic E-state index is 0.603. The Bertz CT molecular complexity index is 455. The summed E-state index contributed by atoms with van der Waals surface area (Å²) in [5.41, 5.74) is 0.958. The number of fused-ring (bicyclic) bond motifs is 1. The summed E-state index contributed by atoms with van der Waals surface area (Å²) in [6, 6.07) is 0. The summed E-state index contributed by atoms with van der Waals surface area (Å²) >= 11 is 3.46. The molecule has 0 radical (unpaired) electrons. The van der Waals surface area contributed by atoms with E-state index in [4.69, 9.17) is 0 Å². The molecule has 1 N–H and O–H groups in total. The van der Waals surface area contributed by atoms with Crippen molar-refractivity contribution in [1.82, 2.24) is 19.6 Å². The van der Waals surface area contributed by atoms with Crippen LogP contribution in [0.1, 0.15) is 25.4 Å². The summed E-state index contributed by atoms with van der Waals surface area (Å²) in [6.07, 6.45) is 0.953. The molecule has 0 atom stereocenters. The molecule has 0 aliphatic rings. The van der Waals surface area contributed by atoms with Crippen molar-refractivity contribution in [1.29, 1.82) is 0 Å². The molecule has 0 amide bonds. The first-order valence-electron chi connectivity index (χ1n) is 4.67. The second kappa shape index (κ2) is 3.38. The Morgan fingerprint density at radius 2 is 2.14 bits per heavy atom. The molecular weight excluding hydrogens is 244 g/mol. The minimum atomic E-state index is 0.603. The lowest BCUT2D eigenvalue weighted by Crippen LogP contribution is -1.97. The summed E-state index contributed by atoms with van der Waals surface area (Å²) < 4.78 is 2.82. The number of hydrogen-bond acceptors (Lipinski definition) is 2. The molecule has 0 aliphatic carbocycles. The van der Waals surface area contributed by atoms with Crippen molar-refractivity contribution in [2.45, 2.75) is 27.2 Å². The van der Waals surface area contributed by atoms with Gasteiger partial charge in [-0.1, -0.05) is 13.8 Å². The van der Waals surface area contributed by atoms with E-state index < -0.39 is 0 Å².